The molecule has 0 radical (unpaired) electrons. The number of likely N-dealkylation sites (N-methyl/N-ethyl adjacent to an activating group) is 1. The Hall–Kier alpha value is -0.450. The van der Waals surface area contributed by atoms with Gasteiger partial charge in [0.1, 0.15) is 12.6 Å². The molecule has 0 amide bonds. The van der Waals surface area contributed by atoms with E-state index in [1.807, 2.05) is 21.1 Å². The predicted molar refractivity (Wildman–Crippen MR) is 149 cm³/mol. The molecular weight excluding hydrogens is 457 g/mol. The van der Waals surface area contributed by atoms with Gasteiger partial charge in [0.25, 0.3) is 7.82 Å². The van der Waals surface area contributed by atoms with Gasteiger partial charge < -0.3 is 18.8 Å². The van der Waals surface area contributed by atoms with E-state index in [2.05, 4.69) is 31.2 Å². The number of quaternary nitrogens is 1. The molecule has 0 aromatic rings. The topological polar surface area (TPSA) is 69.6 Å². The molecule has 0 aromatic heterocycles. The Morgan fingerprint density at radius 3 is 1.46 bits per heavy atom. The SMILES string of the molecule is CCCCCCCC/C=C\CCCCCCC/C=C\CCCCCC(C[N+](C)(C)C)OP(=O)([O-])O. The minimum absolute atomic E-state index is 0.458. The van der Waals surface area contributed by atoms with E-state index in [1.165, 1.54) is 89.9 Å². The Bertz CT molecular complexity index is 566. The first-order chi connectivity index (χ1) is 16.6. The fourth-order valence-electron chi connectivity index (χ4n) is 4.36. The van der Waals surface area contributed by atoms with Crippen molar-refractivity contribution in [2.24, 2.45) is 0 Å². The molecule has 0 heterocycles. The molecule has 0 bridgehead atoms. The van der Waals surface area contributed by atoms with Crippen molar-refractivity contribution in [2.75, 3.05) is 27.7 Å². The number of phosphoric ester groups is 1. The van der Waals surface area contributed by atoms with E-state index >= 15 is 0 Å². The molecule has 0 saturated heterocycles. The van der Waals surface area contributed by atoms with Crippen LogP contribution in [0.1, 0.15) is 129 Å². The fraction of sp³-hybridized carbons (Fsp3) is 0.862. The van der Waals surface area contributed by atoms with Gasteiger partial charge in [-0.15, -0.1) is 0 Å². The maximum absolute atomic E-state index is 11.1. The lowest BCUT2D eigenvalue weighted by molar-refractivity contribution is -0.873. The molecule has 0 aliphatic carbocycles. The van der Waals surface area contributed by atoms with Gasteiger partial charge in [0.15, 0.2) is 0 Å². The number of rotatable bonds is 25. The minimum atomic E-state index is -4.68. The number of allylic oxidation sites excluding steroid dienone is 4. The highest BCUT2D eigenvalue weighted by Crippen LogP contribution is 2.34. The van der Waals surface area contributed by atoms with Gasteiger partial charge >= 0.3 is 0 Å². The molecule has 0 aromatic carbocycles. The third-order valence-electron chi connectivity index (χ3n) is 6.23. The summed E-state index contributed by atoms with van der Waals surface area (Å²) in [4.78, 5) is 20.1. The van der Waals surface area contributed by atoms with Crippen LogP contribution in [0, 0.1) is 0 Å². The number of unbranched alkanes of at least 4 members (excludes halogenated alkanes) is 15. The van der Waals surface area contributed by atoms with Crippen molar-refractivity contribution in [2.45, 2.75) is 135 Å². The van der Waals surface area contributed by atoms with Crippen molar-refractivity contribution in [1.82, 2.24) is 0 Å². The second-order valence-corrected chi connectivity index (χ2v) is 12.3. The smallest absolute Gasteiger partial charge is 0.265 e. The lowest BCUT2D eigenvalue weighted by atomic mass is 10.1. The molecule has 208 valence electrons. The van der Waals surface area contributed by atoms with Crippen molar-refractivity contribution < 1.29 is 23.4 Å². The first-order valence-electron chi connectivity index (χ1n) is 14.5. The van der Waals surface area contributed by atoms with E-state index in [4.69, 9.17) is 9.42 Å². The van der Waals surface area contributed by atoms with Crippen molar-refractivity contribution in [3.05, 3.63) is 24.3 Å². The van der Waals surface area contributed by atoms with Crippen molar-refractivity contribution in [3.8, 4) is 0 Å². The van der Waals surface area contributed by atoms with Crippen LogP contribution in [-0.4, -0.2) is 43.2 Å². The number of nitrogens with zero attached hydrogens (tertiary/aromatic N) is 1. The Morgan fingerprint density at radius 1 is 0.714 bits per heavy atom. The molecular formula is C29H58NO4P. The first-order valence-corrected chi connectivity index (χ1v) is 16.0. The summed E-state index contributed by atoms with van der Waals surface area (Å²) in [5, 5.41) is 0. The van der Waals surface area contributed by atoms with Gasteiger partial charge in [-0.2, -0.15) is 0 Å². The molecule has 5 nitrogen and oxygen atoms in total. The van der Waals surface area contributed by atoms with Crippen LogP contribution >= 0.6 is 7.82 Å². The number of hydrogen-bond acceptors (Lipinski definition) is 3. The first kappa shape index (κ1) is 34.6. The average molecular weight is 516 g/mol. The van der Waals surface area contributed by atoms with Gasteiger partial charge in [-0.3, -0.25) is 4.57 Å². The molecule has 0 fully saturated rings. The van der Waals surface area contributed by atoms with Crippen molar-refractivity contribution in [3.63, 3.8) is 0 Å². The molecule has 0 aliphatic rings. The van der Waals surface area contributed by atoms with Crippen LogP contribution in [-0.2, 0) is 9.09 Å². The minimum Gasteiger partial charge on any atom is -0.756 e. The molecule has 2 unspecified atom stereocenters. The summed E-state index contributed by atoms with van der Waals surface area (Å²) in [7, 11) is 1.29. The summed E-state index contributed by atoms with van der Waals surface area (Å²) in [6.45, 7) is 2.83. The Labute approximate surface area is 218 Å². The largest absolute Gasteiger partial charge is 0.756 e. The monoisotopic (exact) mass is 515 g/mol. The Kier molecular flexibility index (Phi) is 22.4. The summed E-state index contributed by atoms with van der Waals surface area (Å²) in [6.07, 6.45) is 32.3. The highest BCUT2D eigenvalue weighted by Gasteiger charge is 2.22. The Morgan fingerprint density at radius 2 is 1.09 bits per heavy atom. The molecule has 1 N–H and O–H groups in total. The van der Waals surface area contributed by atoms with Crippen LogP contribution in [0.25, 0.3) is 0 Å². The standard InChI is InChI=1S/C29H58NO4P/c1-5-6-7-8-9-10-11-12-13-14-15-16-17-18-19-20-21-22-23-24-25-26-27-29(28-30(2,3)4)34-35(31,32)33/h12-13,21-22,29H,5-11,14-20,23-28H2,1-4H3,(H-,31,32,33)/b13-12-,22-21-. The maximum Gasteiger partial charge on any atom is 0.265 e. The molecule has 0 rings (SSSR count). The summed E-state index contributed by atoms with van der Waals surface area (Å²) in [5.41, 5.74) is 0. The zero-order chi connectivity index (χ0) is 26.3. The van der Waals surface area contributed by atoms with Gasteiger partial charge in [0.2, 0.25) is 0 Å². The van der Waals surface area contributed by atoms with Crippen LogP contribution in [0.5, 0.6) is 0 Å². The number of hydrogen-bond donors (Lipinski definition) is 1. The van der Waals surface area contributed by atoms with E-state index in [9.17, 15) is 9.46 Å². The van der Waals surface area contributed by atoms with Gasteiger partial charge in [-0.05, 0) is 57.8 Å². The van der Waals surface area contributed by atoms with Crippen LogP contribution in [0.2, 0.25) is 0 Å². The summed E-state index contributed by atoms with van der Waals surface area (Å²) < 4.78 is 16.6. The normalized spacial score (nSPS) is 15.3. The van der Waals surface area contributed by atoms with Gasteiger partial charge in [0.05, 0.1) is 21.1 Å². The van der Waals surface area contributed by atoms with Crippen LogP contribution in [0.4, 0.5) is 0 Å². The summed E-state index contributed by atoms with van der Waals surface area (Å²) >= 11 is 0. The van der Waals surface area contributed by atoms with E-state index in [1.54, 1.807) is 0 Å². The second-order valence-electron chi connectivity index (χ2n) is 11.2. The molecule has 2 atom stereocenters. The average Bonchev–Trinajstić information content (AvgIpc) is 2.75. The van der Waals surface area contributed by atoms with E-state index in [0.717, 1.165) is 25.7 Å². The highest BCUT2D eigenvalue weighted by atomic mass is 31.2. The summed E-state index contributed by atoms with van der Waals surface area (Å²) in [5.74, 6) is 0. The molecule has 35 heavy (non-hydrogen) atoms. The van der Waals surface area contributed by atoms with Crippen LogP contribution < -0.4 is 4.89 Å². The molecule has 0 spiro atoms. The van der Waals surface area contributed by atoms with Gasteiger partial charge in [0, 0.05) is 0 Å². The third kappa shape index (κ3) is 29.7. The van der Waals surface area contributed by atoms with Gasteiger partial charge in [-0.25, -0.2) is 0 Å². The lowest BCUT2D eigenvalue weighted by Gasteiger charge is -2.31. The fourth-order valence-corrected chi connectivity index (χ4v) is 4.91. The highest BCUT2D eigenvalue weighted by molar-refractivity contribution is 7.44. The summed E-state index contributed by atoms with van der Waals surface area (Å²) in [6, 6.07) is 0. The van der Waals surface area contributed by atoms with E-state index < -0.39 is 13.9 Å². The lowest BCUT2D eigenvalue weighted by Crippen LogP contribution is -2.42. The molecule has 6 heteroatoms. The zero-order valence-corrected chi connectivity index (χ0v) is 24.5. The van der Waals surface area contributed by atoms with Crippen LogP contribution in [0.15, 0.2) is 24.3 Å². The molecule has 0 aliphatic heterocycles. The van der Waals surface area contributed by atoms with E-state index in [0.29, 0.717) is 17.4 Å². The third-order valence-corrected chi connectivity index (χ3v) is 6.79. The zero-order valence-electron chi connectivity index (χ0n) is 23.6. The van der Waals surface area contributed by atoms with Crippen molar-refractivity contribution in [1.29, 1.82) is 0 Å². The predicted octanol–water partition coefficient (Wildman–Crippen LogP) is 8.08. The van der Waals surface area contributed by atoms with E-state index in [-0.39, 0.29) is 0 Å². The maximum atomic E-state index is 11.1. The number of phosphoric acid groups is 1. The quantitative estimate of drug-likeness (QED) is 0.0577. The van der Waals surface area contributed by atoms with Crippen molar-refractivity contribution >= 4 is 7.82 Å². The van der Waals surface area contributed by atoms with Gasteiger partial charge in [-0.1, -0.05) is 95.4 Å². The molecule has 0 saturated carbocycles. The Balaban J connectivity index is 3.53. The second kappa shape index (κ2) is 22.7. The van der Waals surface area contributed by atoms with Crippen LogP contribution in [0.3, 0.4) is 0 Å².